The first-order chi connectivity index (χ1) is 15.2. The molecule has 0 bridgehead atoms. The third-order valence-electron chi connectivity index (χ3n) is 5.48. The maximum atomic E-state index is 13.4. The van der Waals surface area contributed by atoms with Gasteiger partial charge in [-0.05, 0) is 49.2 Å². The fourth-order valence-corrected chi connectivity index (χ4v) is 5.05. The monoisotopic (exact) mass is 458 g/mol. The minimum absolute atomic E-state index is 0.0230. The Labute approximate surface area is 184 Å². The highest BCUT2D eigenvalue weighted by Crippen LogP contribution is 2.34. The number of aromatic carboxylic acids is 1. The Morgan fingerprint density at radius 2 is 1.78 bits per heavy atom. The van der Waals surface area contributed by atoms with Crippen LogP contribution < -0.4 is 4.72 Å². The minimum atomic E-state index is -4.24. The first-order valence-corrected chi connectivity index (χ1v) is 11.4. The molecule has 0 radical (unpaired) electrons. The van der Waals surface area contributed by atoms with Gasteiger partial charge in [0, 0.05) is 18.5 Å². The molecule has 0 unspecified atom stereocenters. The zero-order valence-electron chi connectivity index (χ0n) is 17.5. The van der Waals surface area contributed by atoms with Crippen LogP contribution in [-0.4, -0.2) is 56.6 Å². The largest absolute Gasteiger partial charge is 0.478 e. The number of fused-ring (bicyclic) bond motifs is 1. The number of carboxylic acid groups (broad SMARTS) is 1. The summed E-state index contributed by atoms with van der Waals surface area (Å²) < 4.78 is 40.2. The lowest BCUT2D eigenvalue weighted by atomic mass is 10.1. The molecule has 0 atom stereocenters. The smallest absolute Gasteiger partial charge is 0.335 e. The Morgan fingerprint density at radius 3 is 2.47 bits per heavy atom. The van der Waals surface area contributed by atoms with E-state index < -0.39 is 21.9 Å². The van der Waals surface area contributed by atoms with E-state index in [0.29, 0.717) is 48.4 Å². The Kier molecular flexibility index (Phi) is 5.66. The van der Waals surface area contributed by atoms with Crippen molar-refractivity contribution in [2.45, 2.75) is 18.7 Å². The number of sulfonamides is 1. The molecular weight excluding hydrogens is 436 g/mol. The molecule has 2 N–H and O–H groups in total. The van der Waals surface area contributed by atoms with Gasteiger partial charge in [0.25, 0.3) is 15.9 Å². The van der Waals surface area contributed by atoms with E-state index in [2.05, 4.69) is 4.72 Å². The molecule has 1 aliphatic rings. The predicted molar refractivity (Wildman–Crippen MR) is 117 cm³/mol. The summed E-state index contributed by atoms with van der Waals surface area (Å²) in [6, 6.07) is 9.24. The SMILES string of the molecule is Cc1cc(C(=O)O)cc(S(=O)(=O)Nc2c(C(=O)N3CCOCC3)oc3ccccc23)c1C. The van der Waals surface area contributed by atoms with Gasteiger partial charge in [-0.3, -0.25) is 9.52 Å². The van der Waals surface area contributed by atoms with Crippen molar-refractivity contribution in [3.8, 4) is 0 Å². The highest BCUT2D eigenvalue weighted by molar-refractivity contribution is 7.92. The Balaban J connectivity index is 1.82. The molecule has 4 rings (SSSR count). The first kappa shape index (κ1) is 21.8. The molecule has 3 aromatic rings. The lowest BCUT2D eigenvalue weighted by molar-refractivity contribution is 0.0285. The average Bonchev–Trinajstić information content (AvgIpc) is 3.13. The van der Waals surface area contributed by atoms with Crippen molar-refractivity contribution < 1.29 is 32.3 Å². The molecule has 0 saturated carbocycles. The number of aryl methyl sites for hydroxylation is 1. The standard InChI is InChI=1S/C22H22N2O7S/c1-13-11-15(22(26)27)12-18(14(13)2)32(28,29)23-19-16-5-3-4-6-17(16)31-20(19)21(25)24-7-9-30-10-8-24/h3-6,11-12,23H,7-10H2,1-2H3,(H,26,27). The molecule has 32 heavy (non-hydrogen) atoms. The van der Waals surface area contributed by atoms with Crippen LogP contribution in [0.5, 0.6) is 0 Å². The van der Waals surface area contributed by atoms with Gasteiger partial charge < -0.3 is 19.2 Å². The predicted octanol–water partition coefficient (Wildman–Crippen LogP) is 3.02. The number of amides is 1. The molecule has 1 aromatic heterocycles. The van der Waals surface area contributed by atoms with Crippen molar-refractivity contribution in [2.75, 3.05) is 31.0 Å². The minimum Gasteiger partial charge on any atom is -0.478 e. The Morgan fingerprint density at radius 1 is 1.09 bits per heavy atom. The van der Waals surface area contributed by atoms with Crippen LogP contribution in [0.1, 0.15) is 32.0 Å². The molecule has 9 nitrogen and oxygen atoms in total. The van der Waals surface area contributed by atoms with Crippen LogP contribution in [0.3, 0.4) is 0 Å². The number of furan rings is 1. The molecule has 1 amide bonds. The van der Waals surface area contributed by atoms with Gasteiger partial charge in [0.2, 0.25) is 5.76 Å². The second-order valence-corrected chi connectivity index (χ2v) is 9.18. The van der Waals surface area contributed by atoms with Gasteiger partial charge >= 0.3 is 5.97 Å². The van der Waals surface area contributed by atoms with E-state index in [1.807, 2.05) is 0 Å². The molecule has 168 valence electrons. The average molecular weight is 458 g/mol. The van der Waals surface area contributed by atoms with E-state index in [1.165, 1.54) is 6.07 Å². The van der Waals surface area contributed by atoms with Crippen LogP contribution in [0.15, 0.2) is 45.7 Å². The van der Waals surface area contributed by atoms with E-state index in [-0.39, 0.29) is 21.9 Å². The van der Waals surface area contributed by atoms with Crippen LogP contribution in [0.4, 0.5) is 5.69 Å². The van der Waals surface area contributed by atoms with Crippen molar-refractivity contribution in [3.63, 3.8) is 0 Å². The zero-order valence-corrected chi connectivity index (χ0v) is 18.4. The number of nitrogens with zero attached hydrogens (tertiary/aromatic N) is 1. The summed E-state index contributed by atoms with van der Waals surface area (Å²) in [5.41, 5.74) is 1.17. The number of rotatable bonds is 5. The quantitative estimate of drug-likeness (QED) is 0.602. The maximum Gasteiger partial charge on any atom is 0.335 e. The molecule has 1 saturated heterocycles. The molecule has 2 aromatic carbocycles. The fourth-order valence-electron chi connectivity index (χ4n) is 3.63. The van der Waals surface area contributed by atoms with Gasteiger partial charge in [-0.1, -0.05) is 12.1 Å². The van der Waals surface area contributed by atoms with E-state index >= 15 is 0 Å². The lowest BCUT2D eigenvalue weighted by Crippen LogP contribution is -2.40. The number of hydrogen-bond donors (Lipinski definition) is 2. The summed E-state index contributed by atoms with van der Waals surface area (Å²) in [6.07, 6.45) is 0. The fraction of sp³-hybridized carbons (Fsp3) is 0.273. The number of carboxylic acids is 1. The van der Waals surface area contributed by atoms with Gasteiger partial charge in [-0.15, -0.1) is 0 Å². The number of morpholine rings is 1. The third kappa shape index (κ3) is 3.94. The summed E-state index contributed by atoms with van der Waals surface area (Å²) in [7, 11) is -4.24. The van der Waals surface area contributed by atoms with E-state index in [9.17, 15) is 23.1 Å². The summed E-state index contributed by atoms with van der Waals surface area (Å²) >= 11 is 0. The van der Waals surface area contributed by atoms with Crippen molar-refractivity contribution >= 4 is 38.6 Å². The molecule has 1 aliphatic heterocycles. The molecular formula is C22H22N2O7S. The number of para-hydroxylation sites is 1. The van der Waals surface area contributed by atoms with E-state index in [1.54, 1.807) is 43.0 Å². The summed E-state index contributed by atoms with van der Waals surface area (Å²) in [5, 5.41) is 9.79. The van der Waals surface area contributed by atoms with E-state index in [0.717, 1.165) is 6.07 Å². The number of carbonyl (C=O) groups is 2. The zero-order chi connectivity index (χ0) is 23.0. The lowest BCUT2D eigenvalue weighted by Gasteiger charge is -2.26. The van der Waals surface area contributed by atoms with Gasteiger partial charge in [0.1, 0.15) is 11.3 Å². The highest BCUT2D eigenvalue weighted by Gasteiger charge is 2.30. The number of benzene rings is 2. The molecule has 0 aliphatic carbocycles. The Hall–Kier alpha value is -3.37. The number of anilines is 1. The van der Waals surface area contributed by atoms with Crippen molar-refractivity contribution in [1.29, 1.82) is 0 Å². The second kappa shape index (κ2) is 8.29. The third-order valence-corrected chi connectivity index (χ3v) is 6.96. The number of hydrogen-bond acceptors (Lipinski definition) is 6. The van der Waals surface area contributed by atoms with Gasteiger partial charge in [-0.25, -0.2) is 13.2 Å². The van der Waals surface area contributed by atoms with Crippen molar-refractivity contribution in [1.82, 2.24) is 4.90 Å². The van der Waals surface area contributed by atoms with Crippen molar-refractivity contribution in [2.24, 2.45) is 0 Å². The molecule has 2 heterocycles. The number of nitrogens with one attached hydrogen (secondary N) is 1. The molecule has 10 heteroatoms. The summed E-state index contributed by atoms with van der Waals surface area (Å²) in [4.78, 5) is 26.0. The van der Waals surface area contributed by atoms with Crippen LogP contribution >= 0.6 is 0 Å². The molecule has 0 spiro atoms. The first-order valence-electron chi connectivity index (χ1n) is 9.95. The van der Waals surface area contributed by atoms with Gasteiger partial charge in [-0.2, -0.15) is 0 Å². The van der Waals surface area contributed by atoms with Crippen LogP contribution in [-0.2, 0) is 14.8 Å². The topological polar surface area (TPSA) is 126 Å². The second-order valence-electron chi connectivity index (χ2n) is 7.53. The summed E-state index contributed by atoms with van der Waals surface area (Å²) in [6.45, 7) is 4.73. The van der Waals surface area contributed by atoms with Crippen LogP contribution in [0, 0.1) is 13.8 Å². The van der Waals surface area contributed by atoms with Gasteiger partial charge in [0.15, 0.2) is 0 Å². The van der Waals surface area contributed by atoms with Crippen LogP contribution in [0.25, 0.3) is 11.0 Å². The summed E-state index contributed by atoms with van der Waals surface area (Å²) in [5.74, 6) is -1.81. The normalized spacial score (nSPS) is 14.5. The highest BCUT2D eigenvalue weighted by atomic mass is 32.2. The maximum absolute atomic E-state index is 13.4. The van der Waals surface area contributed by atoms with Gasteiger partial charge in [0.05, 0.1) is 23.7 Å². The van der Waals surface area contributed by atoms with E-state index in [4.69, 9.17) is 9.15 Å². The number of ether oxygens (including phenoxy) is 1. The van der Waals surface area contributed by atoms with Crippen LogP contribution in [0.2, 0.25) is 0 Å². The van der Waals surface area contributed by atoms with Crippen molar-refractivity contribution in [3.05, 3.63) is 58.8 Å². The Bertz CT molecular complexity index is 1320. The molecule has 1 fully saturated rings. The number of carbonyl (C=O) groups excluding carboxylic acids is 1.